The van der Waals surface area contributed by atoms with Gasteiger partial charge in [0, 0.05) is 39.8 Å². The summed E-state index contributed by atoms with van der Waals surface area (Å²) in [5, 5.41) is 10.8. The van der Waals surface area contributed by atoms with Crippen LogP contribution in [-0.2, 0) is 6.42 Å². The van der Waals surface area contributed by atoms with Crippen LogP contribution in [0.2, 0.25) is 0 Å². The predicted octanol–water partition coefficient (Wildman–Crippen LogP) is 5.74. The Morgan fingerprint density at radius 3 is 1.96 bits per heavy atom. The van der Waals surface area contributed by atoms with E-state index in [2.05, 4.69) is 67.1 Å². The van der Waals surface area contributed by atoms with Crippen LogP contribution < -0.4 is 0 Å². The van der Waals surface area contributed by atoms with Gasteiger partial charge in [0.1, 0.15) is 10.0 Å². The number of rotatable bonds is 6. The Morgan fingerprint density at radius 1 is 0.808 bits per heavy atom. The van der Waals surface area contributed by atoms with E-state index in [-0.39, 0.29) is 0 Å². The third kappa shape index (κ3) is 3.98. The van der Waals surface area contributed by atoms with Gasteiger partial charge in [-0.2, -0.15) is 0 Å². The molecule has 3 heterocycles. The van der Waals surface area contributed by atoms with Crippen LogP contribution in [-0.4, -0.2) is 20.2 Å². The van der Waals surface area contributed by atoms with Crippen molar-refractivity contribution in [3.63, 3.8) is 0 Å². The van der Waals surface area contributed by atoms with Crippen molar-refractivity contribution in [1.82, 2.24) is 20.2 Å². The lowest BCUT2D eigenvalue weighted by atomic mass is 9.97. The highest BCUT2D eigenvalue weighted by atomic mass is 32.1. The molecule has 0 unspecified atom stereocenters. The van der Waals surface area contributed by atoms with Crippen LogP contribution in [0.5, 0.6) is 0 Å². The van der Waals surface area contributed by atoms with E-state index in [0.29, 0.717) is 5.92 Å². The second-order valence-electron chi connectivity index (χ2n) is 6.69. The molecule has 0 fully saturated rings. The SMILES string of the molecule is CCc1cc(-c2nnc(-c3cc(C)nc(C(CC)CC)c3)s2)cc(C)n1. The summed E-state index contributed by atoms with van der Waals surface area (Å²) in [7, 11) is 0. The highest BCUT2D eigenvalue weighted by Crippen LogP contribution is 2.33. The lowest BCUT2D eigenvalue weighted by Crippen LogP contribution is -2.01. The lowest BCUT2D eigenvalue weighted by Gasteiger charge is -2.13. The Labute approximate surface area is 159 Å². The van der Waals surface area contributed by atoms with Crippen LogP contribution in [0.15, 0.2) is 24.3 Å². The van der Waals surface area contributed by atoms with E-state index >= 15 is 0 Å². The summed E-state index contributed by atoms with van der Waals surface area (Å²) < 4.78 is 0. The van der Waals surface area contributed by atoms with Gasteiger partial charge in [0.05, 0.1) is 0 Å². The normalized spacial score (nSPS) is 11.3. The van der Waals surface area contributed by atoms with Crippen molar-refractivity contribution in [2.45, 2.75) is 59.8 Å². The Balaban J connectivity index is 1.99. The van der Waals surface area contributed by atoms with Crippen molar-refractivity contribution in [1.29, 1.82) is 0 Å². The number of hydrogen-bond acceptors (Lipinski definition) is 5. The van der Waals surface area contributed by atoms with Crippen molar-refractivity contribution in [3.05, 3.63) is 47.0 Å². The van der Waals surface area contributed by atoms with Gasteiger partial charge in [0.25, 0.3) is 0 Å². The van der Waals surface area contributed by atoms with Crippen LogP contribution in [0.1, 0.15) is 62.3 Å². The average Bonchev–Trinajstić information content (AvgIpc) is 3.12. The second kappa shape index (κ2) is 8.04. The van der Waals surface area contributed by atoms with Crippen molar-refractivity contribution in [2.75, 3.05) is 0 Å². The van der Waals surface area contributed by atoms with Gasteiger partial charge >= 0.3 is 0 Å². The number of aryl methyl sites for hydroxylation is 3. The van der Waals surface area contributed by atoms with E-state index < -0.39 is 0 Å². The van der Waals surface area contributed by atoms with Gasteiger partial charge in [-0.1, -0.05) is 32.1 Å². The first-order valence-electron chi connectivity index (χ1n) is 9.34. The van der Waals surface area contributed by atoms with Crippen molar-refractivity contribution >= 4 is 11.3 Å². The van der Waals surface area contributed by atoms with Gasteiger partial charge in [-0.25, -0.2) is 0 Å². The molecule has 26 heavy (non-hydrogen) atoms. The van der Waals surface area contributed by atoms with Crippen molar-refractivity contribution in [2.24, 2.45) is 0 Å². The average molecular weight is 367 g/mol. The molecule has 0 atom stereocenters. The highest BCUT2D eigenvalue weighted by molar-refractivity contribution is 7.17. The first-order chi connectivity index (χ1) is 12.5. The van der Waals surface area contributed by atoms with E-state index in [0.717, 1.165) is 63.2 Å². The maximum Gasteiger partial charge on any atom is 0.148 e. The van der Waals surface area contributed by atoms with Crippen LogP contribution >= 0.6 is 11.3 Å². The molecule has 0 amide bonds. The molecule has 0 aliphatic carbocycles. The molecule has 5 heteroatoms. The van der Waals surface area contributed by atoms with Gasteiger partial charge in [0.2, 0.25) is 0 Å². The van der Waals surface area contributed by atoms with E-state index in [1.54, 1.807) is 11.3 Å². The summed E-state index contributed by atoms with van der Waals surface area (Å²) in [6, 6.07) is 8.48. The molecule has 0 aliphatic rings. The van der Waals surface area contributed by atoms with Crippen molar-refractivity contribution in [3.8, 4) is 21.1 Å². The fourth-order valence-electron chi connectivity index (χ4n) is 3.23. The molecule has 0 N–H and O–H groups in total. The molecule has 0 radical (unpaired) electrons. The molecule has 4 nitrogen and oxygen atoms in total. The third-order valence-electron chi connectivity index (χ3n) is 4.66. The fourth-order valence-corrected chi connectivity index (χ4v) is 4.05. The number of aromatic nitrogens is 4. The molecule has 0 spiro atoms. The summed E-state index contributed by atoms with van der Waals surface area (Å²) in [5.41, 5.74) is 6.53. The molecule has 3 aromatic rings. The second-order valence-corrected chi connectivity index (χ2v) is 7.67. The molecule has 0 bridgehead atoms. The van der Waals surface area contributed by atoms with E-state index in [1.165, 1.54) is 0 Å². The maximum absolute atomic E-state index is 4.75. The van der Waals surface area contributed by atoms with E-state index in [9.17, 15) is 0 Å². The van der Waals surface area contributed by atoms with Gasteiger partial charge in [-0.3, -0.25) is 9.97 Å². The summed E-state index contributed by atoms with van der Waals surface area (Å²) >= 11 is 1.63. The largest absolute Gasteiger partial charge is 0.258 e. The minimum Gasteiger partial charge on any atom is -0.258 e. The molecule has 0 aliphatic heterocycles. The topological polar surface area (TPSA) is 51.6 Å². The van der Waals surface area contributed by atoms with E-state index in [4.69, 9.17) is 4.98 Å². The fraction of sp³-hybridized carbons (Fsp3) is 0.429. The summed E-state index contributed by atoms with van der Waals surface area (Å²) in [6.07, 6.45) is 3.12. The van der Waals surface area contributed by atoms with Crippen molar-refractivity contribution < 1.29 is 0 Å². The Hall–Kier alpha value is -2.14. The van der Waals surface area contributed by atoms with Gasteiger partial charge < -0.3 is 0 Å². The van der Waals surface area contributed by atoms with Gasteiger partial charge in [-0.05, 0) is 57.4 Å². The van der Waals surface area contributed by atoms with Crippen LogP contribution in [0.3, 0.4) is 0 Å². The minimum atomic E-state index is 0.496. The van der Waals surface area contributed by atoms with E-state index in [1.807, 2.05) is 6.92 Å². The Kier molecular flexibility index (Phi) is 5.77. The monoisotopic (exact) mass is 366 g/mol. The Morgan fingerprint density at radius 2 is 1.38 bits per heavy atom. The minimum absolute atomic E-state index is 0.496. The highest BCUT2D eigenvalue weighted by Gasteiger charge is 2.15. The summed E-state index contributed by atoms with van der Waals surface area (Å²) in [4.78, 5) is 9.30. The number of hydrogen-bond donors (Lipinski definition) is 0. The smallest absolute Gasteiger partial charge is 0.148 e. The van der Waals surface area contributed by atoms with Crippen LogP contribution in [0, 0.1) is 13.8 Å². The number of nitrogens with zero attached hydrogens (tertiary/aromatic N) is 4. The molecule has 0 saturated heterocycles. The molecule has 3 rings (SSSR count). The molecule has 0 saturated carbocycles. The third-order valence-corrected chi connectivity index (χ3v) is 5.69. The summed E-state index contributed by atoms with van der Waals surface area (Å²) in [6.45, 7) is 10.6. The number of pyridine rings is 2. The molecule has 3 aromatic heterocycles. The van der Waals surface area contributed by atoms with Crippen LogP contribution in [0.25, 0.3) is 21.1 Å². The molecule has 0 aromatic carbocycles. The zero-order chi connectivity index (χ0) is 18.7. The van der Waals surface area contributed by atoms with Gasteiger partial charge in [0.15, 0.2) is 0 Å². The maximum atomic E-state index is 4.75. The molecular weight excluding hydrogens is 340 g/mol. The predicted molar refractivity (Wildman–Crippen MR) is 109 cm³/mol. The molecule has 136 valence electrons. The zero-order valence-corrected chi connectivity index (χ0v) is 17.0. The first-order valence-corrected chi connectivity index (χ1v) is 10.2. The first kappa shape index (κ1) is 18.6. The zero-order valence-electron chi connectivity index (χ0n) is 16.2. The summed E-state index contributed by atoms with van der Waals surface area (Å²) in [5.74, 6) is 0.496. The lowest BCUT2D eigenvalue weighted by molar-refractivity contribution is 0.622. The quantitative estimate of drug-likeness (QED) is 0.558. The Bertz CT molecular complexity index is 897. The van der Waals surface area contributed by atoms with Gasteiger partial charge in [-0.15, -0.1) is 10.2 Å². The van der Waals surface area contributed by atoms with Crippen LogP contribution in [0.4, 0.5) is 0 Å². The standard InChI is InChI=1S/C21H26N4S/c1-6-15(7-2)19-12-17(10-14(5)23-19)21-25-24-20(26-21)16-9-13(4)22-18(8-3)11-16/h9-12,15H,6-8H2,1-5H3. The molecular formula is C21H26N4S.